The van der Waals surface area contributed by atoms with E-state index in [0.717, 1.165) is 24.0 Å². The first kappa shape index (κ1) is 61.4. The normalized spacial score (nSPS) is 37.5. The van der Waals surface area contributed by atoms with E-state index in [1.54, 1.807) is 41.5 Å². The summed E-state index contributed by atoms with van der Waals surface area (Å²) in [7, 11) is 0. The van der Waals surface area contributed by atoms with E-state index in [4.69, 9.17) is 37.9 Å². The second-order valence-electron chi connectivity index (χ2n) is 20.9. The van der Waals surface area contributed by atoms with Gasteiger partial charge in [0.2, 0.25) is 17.7 Å². The van der Waals surface area contributed by atoms with E-state index in [9.17, 15) is 79.5 Å². The highest BCUT2D eigenvalue weighted by atomic mass is 16.8. The van der Waals surface area contributed by atoms with Crippen molar-refractivity contribution in [3.63, 3.8) is 0 Å². The summed E-state index contributed by atoms with van der Waals surface area (Å²) >= 11 is 0. The maximum absolute atomic E-state index is 13.8. The minimum atomic E-state index is -2.28. The van der Waals surface area contributed by atoms with Crippen LogP contribution in [0.1, 0.15) is 68.2 Å². The minimum absolute atomic E-state index is 0.0381. The largest absolute Gasteiger partial charge is 0.479 e. The molecule has 5 heterocycles. The molecule has 5 aliphatic heterocycles. The molecule has 0 radical (unpaired) electrons. The quantitative estimate of drug-likeness (QED) is 0.0398. The van der Waals surface area contributed by atoms with Gasteiger partial charge in [-0.05, 0) is 32.6 Å². The summed E-state index contributed by atoms with van der Waals surface area (Å²) in [4.78, 5) is 88.7. The number of amides is 6. The molecule has 6 amide bonds. The van der Waals surface area contributed by atoms with Crippen molar-refractivity contribution in [3.05, 3.63) is 12.2 Å². The Morgan fingerprint density at radius 2 is 1.09 bits per heavy atom. The lowest BCUT2D eigenvalue weighted by Gasteiger charge is -2.51. The van der Waals surface area contributed by atoms with Crippen LogP contribution in [0.2, 0.25) is 0 Å². The van der Waals surface area contributed by atoms with Crippen LogP contribution in [0.3, 0.4) is 0 Å². The Labute approximate surface area is 431 Å². The first-order valence-electron chi connectivity index (χ1n) is 24.4. The van der Waals surface area contributed by atoms with Crippen LogP contribution < -0.4 is 21.3 Å². The first-order valence-corrected chi connectivity index (χ1v) is 24.4. The molecule has 0 aromatic heterocycles. The Balaban J connectivity index is 1.34. The summed E-state index contributed by atoms with van der Waals surface area (Å²) < 4.78 is 47.3. The molecular formula is C46H73N5O24. The average Bonchev–Trinajstić information content (AvgIpc) is 3.64. The molecule has 20 atom stereocenters. The Bertz CT molecular complexity index is 2040. The Kier molecular flexibility index (Phi) is 21.2. The number of hydrogen-bond acceptors (Lipinski definition) is 23. The van der Waals surface area contributed by atoms with Gasteiger partial charge in [0.1, 0.15) is 79.3 Å². The molecule has 0 saturated carbocycles. The maximum Gasteiger partial charge on any atom is 0.335 e. The number of aliphatic hydroxyl groups excluding tert-OH is 8. The summed E-state index contributed by atoms with van der Waals surface area (Å²) in [6, 6.07) is -2.99. The van der Waals surface area contributed by atoms with E-state index in [2.05, 4.69) is 21.3 Å². The van der Waals surface area contributed by atoms with Crippen molar-refractivity contribution >= 4 is 41.4 Å². The molecule has 29 heteroatoms. The zero-order valence-corrected chi connectivity index (χ0v) is 42.7. The lowest BCUT2D eigenvalue weighted by Crippen LogP contribution is -2.71. The third-order valence-electron chi connectivity index (χ3n) is 12.7. The molecule has 29 nitrogen and oxygen atoms in total. The van der Waals surface area contributed by atoms with Crippen LogP contribution in [0.25, 0.3) is 0 Å². The monoisotopic (exact) mass is 1080 g/mol. The van der Waals surface area contributed by atoms with Crippen LogP contribution in [0.4, 0.5) is 0 Å². The Morgan fingerprint density at radius 3 is 1.60 bits per heavy atom. The number of rotatable bonds is 20. The van der Waals surface area contributed by atoms with Crippen LogP contribution in [0.5, 0.6) is 0 Å². The molecule has 0 aromatic carbocycles. The summed E-state index contributed by atoms with van der Waals surface area (Å²) in [5, 5.41) is 110. The number of imide groups is 1. The van der Waals surface area contributed by atoms with Gasteiger partial charge in [-0.15, -0.1) is 0 Å². The Morgan fingerprint density at radius 1 is 0.613 bits per heavy atom. The molecule has 5 aliphatic rings. The molecule has 13 N–H and O–H groups in total. The van der Waals surface area contributed by atoms with Crippen LogP contribution in [-0.4, -0.2) is 253 Å². The molecule has 0 aliphatic carbocycles. The fourth-order valence-corrected chi connectivity index (χ4v) is 9.18. The summed E-state index contributed by atoms with van der Waals surface area (Å²) in [6.45, 7) is 10.2. The number of hydrogen-bond donors (Lipinski definition) is 13. The number of aliphatic carboxylic acids is 1. The molecule has 426 valence electrons. The number of ether oxygens (including phenoxy) is 8. The molecule has 75 heavy (non-hydrogen) atoms. The summed E-state index contributed by atoms with van der Waals surface area (Å²) in [6.07, 6.45) is -31.4. The van der Waals surface area contributed by atoms with Gasteiger partial charge in [-0.25, -0.2) is 4.79 Å². The topological polar surface area (TPSA) is 427 Å². The first-order chi connectivity index (χ1) is 35.0. The van der Waals surface area contributed by atoms with Crippen LogP contribution >= 0.6 is 0 Å². The number of carbonyl (C=O) groups is 7. The van der Waals surface area contributed by atoms with E-state index in [1.807, 2.05) is 0 Å². The number of carboxylic acid groups (broad SMARTS) is 1. The Hall–Kier alpha value is -4.41. The summed E-state index contributed by atoms with van der Waals surface area (Å²) in [5.74, 6) is -5.74. The number of carbonyl (C=O) groups excluding carboxylic acids is 6. The average molecular weight is 1080 g/mol. The van der Waals surface area contributed by atoms with Gasteiger partial charge >= 0.3 is 5.97 Å². The van der Waals surface area contributed by atoms with E-state index < -0.39 is 188 Å². The molecule has 5 rings (SSSR count). The van der Waals surface area contributed by atoms with E-state index in [-0.39, 0.29) is 32.5 Å². The third kappa shape index (κ3) is 15.2. The van der Waals surface area contributed by atoms with Gasteiger partial charge in [0.15, 0.2) is 31.1 Å². The molecule has 0 aromatic rings. The van der Waals surface area contributed by atoms with E-state index in [1.165, 1.54) is 6.92 Å². The number of nitrogens with zero attached hydrogens (tertiary/aromatic N) is 1. The SMILES string of the molecule is CC(=O)NC1C(OC2C(C(=O)O)OC(OC3C(O)C(CO)OC(C(C)(C)C)C3NC(C)=O)C(O)C2O)OC(CO)C(O)C1OC1OC(C(=O)NCCCNC(=O)CCN2C(=O)C=CC2=O)C(OC(C)(C)C)C(O)C1O. The van der Waals surface area contributed by atoms with Gasteiger partial charge in [0.25, 0.3) is 17.7 Å². The molecule has 4 saturated heterocycles. The van der Waals surface area contributed by atoms with Gasteiger partial charge in [-0.3, -0.25) is 33.7 Å². The highest BCUT2D eigenvalue weighted by molar-refractivity contribution is 6.13. The van der Waals surface area contributed by atoms with E-state index in [0.29, 0.717) is 0 Å². The van der Waals surface area contributed by atoms with Crippen LogP contribution in [0, 0.1) is 5.41 Å². The van der Waals surface area contributed by atoms with Gasteiger partial charge in [-0.1, -0.05) is 20.8 Å². The highest BCUT2D eigenvalue weighted by Crippen LogP contribution is 2.38. The van der Waals surface area contributed by atoms with Gasteiger partial charge in [0, 0.05) is 52.1 Å². The fraction of sp³-hybridized carbons (Fsp3) is 0.804. The fourth-order valence-electron chi connectivity index (χ4n) is 9.18. The third-order valence-corrected chi connectivity index (χ3v) is 12.7. The molecule has 20 unspecified atom stereocenters. The second kappa shape index (κ2) is 25.8. The lowest BCUT2D eigenvalue weighted by atomic mass is 9.78. The minimum Gasteiger partial charge on any atom is -0.479 e. The highest BCUT2D eigenvalue weighted by Gasteiger charge is 2.58. The standard InChI is InChI=1S/C46H73N5O24/c1-18(54)49-25-33(27(59)20(16-52)68-39(25)45(3,4)5)70-44-31(63)29(61)35(38(74-44)41(66)67)72-42-26(50-19(2)55)34(28(60)21(17-53)69-42)71-43-32(64)30(62)36(75-46(6,7)8)37(73-43)40(65)48-14-9-13-47-22(56)12-15-51-23(57)10-11-24(51)58/h10-11,20-21,25-39,42-44,52-53,59-64H,9,12-17H2,1-8H3,(H,47,56)(H,48,65)(H,49,54)(H,50,55)(H,66,67). The van der Waals surface area contributed by atoms with Crippen LogP contribution in [-0.2, 0) is 71.5 Å². The number of nitrogens with one attached hydrogen (secondary N) is 4. The lowest BCUT2D eigenvalue weighted by molar-refractivity contribution is -0.368. The van der Waals surface area contributed by atoms with E-state index >= 15 is 0 Å². The van der Waals surface area contributed by atoms with Crippen molar-refractivity contribution in [1.82, 2.24) is 26.2 Å². The number of carboxylic acids is 1. The zero-order valence-electron chi connectivity index (χ0n) is 42.7. The van der Waals surface area contributed by atoms with Gasteiger partial charge < -0.3 is 105 Å². The molecule has 0 spiro atoms. The predicted molar refractivity (Wildman–Crippen MR) is 248 cm³/mol. The second-order valence-corrected chi connectivity index (χ2v) is 20.9. The number of aliphatic hydroxyl groups is 8. The smallest absolute Gasteiger partial charge is 0.335 e. The van der Waals surface area contributed by atoms with Crippen molar-refractivity contribution in [3.8, 4) is 0 Å². The molecule has 0 bridgehead atoms. The van der Waals surface area contributed by atoms with Crippen molar-refractivity contribution in [1.29, 1.82) is 0 Å². The van der Waals surface area contributed by atoms with Crippen molar-refractivity contribution < 1.29 is 117 Å². The predicted octanol–water partition coefficient (Wildman–Crippen LogP) is -6.50. The van der Waals surface area contributed by atoms with Crippen molar-refractivity contribution in [2.75, 3.05) is 32.8 Å². The zero-order chi connectivity index (χ0) is 56.0. The van der Waals surface area contributed by atoms with Crippen LogP contribution in [0.15, 0.2) is 12.2 Å². The molecule has 4 fully saturated rings. The van der Waals surface area contributed by atoms with Gasteiger partial charge in [-0.2, -0.15) is 0 Å². The van der Waals surface area contributed by atoms with Gasteiger partial charge in [0.05, 0.1) is 31.0 Å². The van der Waals surface area contributed by atoms with Crippen molar-refractivity contribution in [2.24, 2.45) is 5.41 Å². The summed E-state index contributed by atoms with van der Waals surface area (Å²) in [5.41, 5.74) is -1.84. The molecular weight excluding hydrogens is 1010 g/mol. The van der Waals surface area contributed by atoms with Crippen molar-refractivity contribution in [2.45, 2.75) is 196 Å². The maximum atomic E-state index is 13.8.